The van der Waals surface area contributed by atoms with Crippen LogP contribution >= 0.6 is 0 Å². The molecule has 0 aromatic rings. The number of ether oxygens (including phenoxy) is 1. The molecule has 110 valence electrons. The van der Waals surface area contributed by atoms with Crippen LogP contribution in [0.1, 0.15) is 45.4 Å². The van der Waals surface area contributed by atoms with E-state index in [1.807, 2.05) is 0 Å². The second-order valence-corrected chi connectivity index (χ2v) is 6.86. The zero-order valence-corrected chi connectivity index (χ0v) is 12.5. The highest BCUT2D eigenvalue weighted by Gasteiger charge is 2.32. The van der Waals surface area contributed by atoms with Crippen molar-refractivity contribution in [1.82, 2.24) is 9.80 Å². The number of nitrogens with zero attached hydrogens (tertiary/aromatic N) is 2. The summed E-state index contributed by atoms with van der Waals surface area (Å²) in [5.74, 6) is 0.907. The molecule has 2 atom stereocenters. The van der Waals surface area contributed by atoms with Crippen molar-refractivity contribution in [3.05, 3.63) is 0 Å². The molecular formula is C16H30N2O. The Kier molecular flexibility index (Phi) is 4.78. The van der Waals surface area contributed by atoms with E-state index in [4.69, 9.17) is 4.74 Å². The zero-order chi connectivity index (χ0) is 13.1. The Balaban J connectivity index is 1.34. The summed E-state index contributed by atoms with van der Waals surface area (Å²) in [7, 11) is 0. The highest BCUT2D eigenvalue weighted by atomic mass is 16.5. The fourth-order valence-electron chi connectivity index (χ4n) is 3.63. The Bertz CT molecular complexity index is 280. The van der Waals surface area contributed by atoms with Crippen molar-refractivity contribution in [1.29, 1.82) is 0 Å². The lowest BCUT2D eigenvalue weighted by Crippen LogP contribution is -2.58. The number of piperazine rings is 1. The molecule has 2 saturated heterocycles. The van der Waals surface area contributed by atoms with E-state index in [0.29, 0.717) is 0 Å². The third kappa shape index (κ3) is 3.93. The lowest BCUT2D eigenvalue weighted by atomic mass is 9.97. The molecule has 3 nitrogen and oxygen atoms in total. The molecule has 1 aliphatic carbocycles. The summed E-state index contributed by atoms with van der Waals surface area (Å²) < 4.78 is 5.75. The van der Waals surface area contributed by atoms with Gasteiger partial charge in [-0.3, -0.25) is 9.80 Å². The van der Waals surface area contributed by atoms with Crippen molar-refractivity contribution in [3.63, 3.8) is 0 Å². The van der Waals surface area contributed by atoms with Gasteiger partial charge in [-0.1, -0.05) is 6.42 Å². The molecule has 2 aliphatic heterocycles. The van der Waals surface area contributed by atoms with Gasteiger partial charge in [0.05, 0.1) is 0 Å². The van der Waals surface area contributed by atoms with E-state index in [9.17, 15) is 0 Å². The second kappa shape index (κ2) is 6.55. The first-order valence-electron chi connectivity index (χ1n) is 8.39. The van der Waals surface area contributed by atoms with Crippen LogP contribution in [0, 0.1) is 5.92 Å². The van der Waals surface area contributed by atoms with Crippen molar-refractivity contribution >= 4 is 0 Å². The molecule has 0 aromatic heterocycles. The van der Waals surface area contributed by atoms with E-state index in [-0.39, 0.29) is 0 Å². The van der Waals surface area contributed by atoms with Crippen molar-refractivity contribution < 1.29 is 4.74 Å². The molecule has 3 fully saturated rings. The van der Waals surface area contributed by atoms with Crippen LogP contribution in [0.25, 0.3) is 0 Å². The molecular weight excluding hydrogens is 236 g/mol. The summed E-state index contributed by atoms with van der Waals surface area (Å²) in [6.45, 7) is 9.54. The molecule has 2 heterocycles. The third-order valence-electron chi connectivity index (χ3n) is 5.10. The third-order valence-corrected chi connectivity index (χ3v) is 5.10. The first-order valence-corrected chi connectivity index (χ1v) is 8.39. The number of rotatable bonds is 6. The Morgan fingerprint density at radius 3 is 2.84 bits per heavy atom. The van der Waals surface area contributed by atoms with Gasteiger partial charge in [-0.15, -0.1) is 0 Å². The Morgan fingerprint density at radius 1 is 1.11 bits per heavy atom. The van der Waals surface area contributed by atoms with Crippen molar-refractivity contribution in [2.75, 3.05) is 39.4 Å². The average Bonchev–Trinajstić information content (AvgIpc) is 3.23. The quantitative estimate of drug-likeness (QED) is 0.686. The zero-order valence-electron chi connectivity index (χ0n) is 12.5. The summed E-state index contributed by atoms with van der Waals surface area (Å²) in [5.41, 5.74) is 0. The minimum Gasteiger partial charge on any atom is -0.381 e. The van der Waals surface area contributed by atoms with Crippen LogP contribution in [-0.4, -0.2) is 61.3 Å². The highest BCUT2D eigenvalue weighted by molar-refractivity contribution is 4.88. The molecule has 0 aromatic carbocycles. The van der Waals surface area contributed by atoms with Crippen LogP contribution < -0.4 is 0 Å². The van der Waals surface area contributed by atoms with E-state index in [0.717, 1.165) is 31.2 Å². The summed E-state index contributed by atoms with van der Waals surface area (Å²) in [6.07, 6.45) is 8.29. The van der Waals surface area contributed by atoms with Crippen LogP contribution in [-0.2, 0) is 4.74 Å². The van der Waals surface area contributed by atoms with Gasteiger partial charge in [0.25, 0.3) is 0 Å². The molecule has 0 bridgehead atoms. The summed E-state index contributed by atoms with van der Waals surface area (Å²) >= 11 is 0. The molecule has 19 heavy (non-hydrogen) atoms. The maximum absolute atomic E-state index is 5.75. The van der Waals surface area contributed by atoms with Gasteiger partial charge in [-0.05, 0) is 51.5 Å². The van der Waals surface area contributed by atoms with Gasteiger partial charge in [0.1, 0.15) is 0 Å². The summed E-state index contributed by atoms with van der Waals surface area (Å²) in [5, 5.41) is 0. The molecule has 3 aliphatic rings. The van der Waals surface area contributed by atoms with Gasteiger partial charge < -0.3 is 4.74 Å². The topological polar surface area (TPSA) is 15.7 Å². The summed E-state index contributed by atoms with van der Waals surface area (Å²) in [6, 6.07) is 1.58. The van der Waals surface area contributed by atoms with E-state index in [1.54, 1.807) is 0 Å². The molecule has 0 radical (unpaired) electrons. The maximum Gasteiger partial charge on any atom is 0.0494 e. The van der Waals surface area contributed by atoms with Gasteiger partial charge in [-0.25, -0.2) is 0 Å². The fourth-order valence-corrected chi connectivity index (χ4v) is 3.63. The normalized spacial score (nSPS) is 33.3. The second-order valence-electron chi connectivity index (χ2n) is 6.86. The molecule has 2 unspecified atom stereocenters. The van der Waals surface area contributed by atoms with E-state index < -0.39 is 0 Å². The minimum atomic E-state index is 0.734. The lowest BCUT2D eigenvalue weighted by Gasteiger charge is -2.47. The van der Waals surface area contributed by atoms with Crippen molar-refractivity contribution in [2.45, 2.75) is 57.5 Å². The minimum absolute atomic E-state index is 0.734. The Hall–Kier alpha value is -0.120. The smallest absolute Gasteiger partial charge is 0.0494 e. The first-order chi connectivity index (χ1) is 9.33. The monoisotopic (exact) mass is 266 g/mol. The molecule has 0 spiro atoms. The number of hydrogen-bond donors (Lipinski definition) is 0. The van der Waals surface area contributed by atoms with Gasteiger partial charge >= 0.3 is 0 Å². The molecule has 0 N–H and O–H groups in total. The SMILES string of the molecule is CC1CN2CCCCC2CN1CCCOCC1CC1. The van der Waals surface area contributed by atoms with Crippen LogP contribution in [0.3, 0.4) is 0 Å². The maximum atomic E-state index is 5.75. The van der Waals surface area contributed by atoms with E-state index in [2.05, 4.69) is 16.7 Å². The van der Waals surface area contributed by atoms with E-state index in [1.165, 1.54) is 64.7 Å². The molecule has 3 heteroatoms. The van der Waals surface area contributed by atoms with Gasteiger partial charge in [-0.2, -0.15) is 0 Å². The number of hydrogen-bond acceptors (Lipinski definition) is 3. The van der Waals surface area contributed by atoms with Gasteiger partial charge in [0.15, 0.2) is 0 Å². The fraction of sp³-hybridized carbons (Fsp3) is 1.00. The van der Waals surface area contributed by atoms with Crippen LogP contribution in [0.5, 0.6) is 0 Å². The molecule has 0 amide bonds. The van der Waals surface area contributed by atoms with E-state index >= 15 is 0 Å². The Morgan fingerprint density at radius 2 is 2.00 bits per heavy atom. The molecule has 3 rings (SSSR count). The standard InChI is InChI=1S/C16H30N2O/c1-14-11-18-8-3-2-5-16(18)12-17(14)9-4-10-19-13-15-6-7-15/h14-16H,2-13H2,1H3. The summed E-state index contributed by atoms with van der Waals surface area (Å²) in [4.78, 5) is 5.43. The largest absolute Gasteiger partial charge is 0.381 e. The number of piperidine rings is 1. The predicted molar refractivity (Wildman–Crippen MR) is 78.4 cm³/mol. The van der Waals surface area contributed by atoms with Gasteiger partial charge in [0.2, 0.25) is 0 Å². The average molecular weight is 266 g/mol. The highest BCUT2D eigenvalue weighted by Crippen LogP contribution is 2.28. The first kappa shape index (κ1) is 13.8. The van der Waals surface area contributed by atoms with Gasteiger partial charge in [0, 0.05) is 44.9 Å². The lowest BCUT2D eigenvalue weighted by molar-refractivity contribution is 0.00984. The number of fused-ring (bicyclic) bond motifs is 1. The van der Waals surface area contributed by atoms with Crippen LogP contribution in [0.15, 0.2) is 0 Å². The van der Waals surface area contributed by atoms with Crippen LogP contribution in [0.2, 0.25) is 0 Å². The predicted octanol–water partition coefficient (Wildman–Crippen LogP) is 2.36. The van der Waals surface area contributed by atoms with Crippen molar-refractivity contribution in [2.24, 2.45) is 5.92 Å². The van der Waals surface area contributed by atoms with Crippen LogP contribution in [0.4, 0.5) is 0 Å². The Labute approximate surface area is 118 Å². The van der Waals surface area contributed by atoms with Crippen molar-refractivity contribution in [3.8, 4) is 0 Å². The molecule has 1 saturated carbocycles.